The fourth-order valence-corrected chi connectivity index (χ4v) is 2.75. The quantitative estimate of drug-likeness (QED) is 0.699. The standard InChI is InChI=1S/C14H29NO2/c1-11(2)13-5-4-12(3)10-14(13)17-9-8-16-7-6-15/h11-14H,4-10,15H2,1-3H3. The lowest BCUT2D eigenvalue weighted by molar-refractivity contribution is -0.0574. The molecule has 1 aliphatic carbocycles. The minimum absolute atomic E-state index is 0.431. The van der Waals surface area contributed by atoms with Crippen LogP contribution in [0.15, 0.2) is 0 Å². The molecule has 0 radical (unpaired) electrons. The zero-order valence-electron chi connectivity index (χ0n) is 11.7. The molecule has 0 amide bonds. The molecule has 3 heteroatoms. The summed E-state index contributed by atoms with van der Waals surface area (Å²) in [4.78, 5) is 0. The second-order valence-electron chi connectivity index (χ2n) is 5.64. The molecule has 17 heavy (non-hydrogen) atoms. The molecule has 0 heterocycles. The van der Waals surface area contributed by atoms with E-state index < -0.39 is 0 Å². The molecule has 0 aromatic heterocycles. The van der Waals surface area contributed by atoms with Crippen LogP contribution in [0.4, 0.5) is 0 Å². The predicted molar refractivity (Wildman–Crippen MR) is 71.0 cm³/mol. The van der Waals surface area contributed by atoms with Crippen molar-refractivity contribution in [2.45, 2.75) is 46.1 Å². The van der Waals surface area contributed by atoms with E-state index in [1.165, 1.54) is 19.3 Å². The molecule has 1 aliphatic rings. The maximum absolute atomic E-state index is 6.01. The topological polar surface area (TPSA) is 44.5 Å². The summed E-state index contributed by atoms with van der Waals surface area (Å²) in [6.45, 7) is 9.56. The van der Waals surface area contributed by atoms with Gasteiger partial charge in [0.2, 0.25) is 0 Å². The molecule has 0 aliphatic heterocycles. The highest BCUT2D eigenvalue weighted by Gasteiger charge is 2.31. The van der Waals surface area contributed by atoms with Gasteiger partial charge in [-0.25, -0.2) is 0 Å². The molecule has 0 aromatic carbocycles. The van der Waals surface area contributed by atoms with E-state index in [0.717, 1.165) is 17.8 Å². The van der Waals surface area contributed by atoms with E-state index >= 15 is 0 Å². The Morgan fingerprint density at radius 3 is 2.59 bits per heavy atom. The van der Waals surface area contributed by atoms with Crippen molar-refractivity contribution in [2.24, 2.45) is 23.5 Å². The Morgan fingerprint density at radius 1 is 1.18 bits per heavy atom. The van der Waals surface area contributed by atoms with Crippen LogP contribution in [-0.2, 0) is 9.47 Å². The minimum Gasteiger partial charge on any atom is -0.378 e. The van der Waals surface area contributed by atoms with E-state index in [4.69, 9.17) is 15.2 Å². The average molecular weight is 243 g/mol. The first-order chi connectivity index (χ1) is 8.15. The van der Waals surface area contributed by atoms with Crippen LogP contribution in [0.3, 0.4) is 0 Å². The first kappa shape index (κ1) is 14.9. The van der Waals surface area contributed by atoms with E-state index in [1.807, 2.05) is 0 Å². The Morgan fingerprint density at radius 2 is 1.94 bits per heavy atom. The molecule has 3 nitrogen and oxygen atoms in total. The van der Waals surface area contributed by atoms with Gasteiger partial charge < -0.3 is 15.2 Å². The smallest absolute Gasteiger partial charge is 0.0704 e. The second-order valence-corrected chi connectivity index (χ2v) is 5.64. The molecular formula is C14H29NO2. The van der Waals surface area contributed by atoms with Gasteiger partial charge in [-0.2, -0.15) is 0 Å². The van der Waals surface area contributed by atoms with Gasteiger partial charge in [-0.15, -0.1) is 0 Å². The summed E-state index contributed by atoms with van der Waals surface area (Å²) in [5.74, 6) is 2.25. The van der Waals surface area contributed by atoms with E-state index in [1.54, 1.807) is 0 Å². The molecular weight excluding hydrogens is 214 g/mol. The first-order valence-electron chi connectivity index (χ1n) is 7.04. The third-order valence-corrected chi connectivity index (χ3v) is 3.78. The van der Waals surface area contributed by atoms with Gasteiger partial charge in [0.25, 0.3) is 0 Å². The number of nitrogens with two attached hydrogens (primary N) is 1. The summed E-state index contributed by atoms with van der Waals surface area (Å²) in [5.41, 5.74) is 5.37. The summed E-state index contributed by atoms with van der Waals surface area (Å²) < 4.78 is 11.4. The van der Waals surface area contributed by atoms with Gasteiger partial charge >= 0.3 is 0 Å². The molecule has 1 rings (SSSR count). The Hall–Kier alpha value is -0.120. The zero-order chi connectivity index (χ0) is 12.7. The van der Waals surface area contributed by atoms with Crippen LogP contribution in [0.5, 0.6) is 0 Å². The molecule has 0 saturated heterocycles. The Kier molecular flexibility index (Phi) is 7.09. The van der Waals surface area contributed by atoms with E-state index in [2.05, 4.69) is 20.8 Å². The first-order valence-corrected chi connectivity index (χ1v) is 7.04. The van der Waals surface area contributed by atoms with Gasteiger partial charge in [0.1, 0.15) is 0 Å². The maximum Gasteiger partial charge on any atom is 0.0704 e. The zero-order valence-corrected chi connectivity index (χ0v) is 11.7. The third-order valence-electron chi connectivity index (χ3n) is 3.78. The fraction of sp³-hybridized carbons (Fsp3) is 1.00. The number of rotatable bonds is 7. The molecule has 3 unspecified atom stereocenters. The van der Waals surface area contributed by atoms with Crippen molar-refractivity contribution in [1.82, 2.24) is 0 Å². The van der Waals surface area contributed by atoms with Crippen molar-refractivity contribution < 1.29 is 9.47 Å². The van der Waals surface area contributed by atoms with Crippen molar-refractivity contribution in [3.63, 3.8) is 0 Å². The van der Waals surface area contributed by atoms with Gasteiger partial charge in [0, 0.05) is 6.54 Å². The monoisotopic (exact) mass is 243 g/mol. The SMILES string of the molecule is CC1CCC(C(C)C)C(OCCOCCN)C1. The van der Waals surface area contributed by atoms with Crippen LogP contribution < -0.4 is 5.73 Å². The summed E-state index contributed by atoms with van der Waals surface area (Å²) in [6.07, 6.45) is 4.31. The summed E-state index contributed by atoms with van der Waals surface area (Å²) in [5, 5.41) is 0. The van der Waals surface area contributed by atoms with Crippen LogP contribution in [0.1, 0.15) is 40.0 Å². The highest BCUT2D eigenvalue weighted by Crippen LogP contribution is 2.35. The molecule has 1 saturated carbocycles. The highest BCUT2D eigenvalue weighted by atomic mass is 16.5. The Labute approximate surface area is 106 Å². The van der Waals surface area contributed by atoms with Gasteiger partial charge in [-0.3, -0.25) is 0 Å². The lowest BCUT2D eigenvalue weighted by Gasteiger charge is -2.37. The van der Waals surface area contributed by atoms with Gasteiger partial charge in [-0.05, 0) is 30.6 Å². The highest BCUT2D eigenvalue weighted by molar-refractivity contribution is 4.81. The van der Waals surface area contributed by atoms with Crippen LogP contribution >= 0.6 is 0 Å². The lowest BCUT2D eigenvalue weighted by atomic mass is 9.75. The van der Waals surface area contributed by atoms with Crippen LogP contribution in [-0.4, -0.2) is 32.5 Å². The van der Waals surface area contributed by atoms with Crippen molar-refractivity contribution in [2.75, 3.05) is 26.4 Å². The average Bonchev–Trinajstić information content (AvgIpc) is 2.28. The summed E-state index contributed by atoms with van der Waals surface area (Å²) in [6, 6.07) is 0. The van der Waals surface area contributed by atoms with Gasteiger partial charge in [-0.1, -0.05) is 27.2 Å². The van der Waals surface area contributed by atoms with E-state index in [9.17, 15) is 0 Å². The molecule has 0 bridgehead atoms. The van der Waals surface area contributed by atoms with Crippen molar-refractivity contribution in [3.8, 4) is 0 Å². The Balaban J connectivity index is 2.26. The maximum atomic E-state index is 6.01. The summed E-state index contributed by atoms with van der Waals surface area (Å²) >= 11 is 0. The lowest BCUT2D eigenvalue weighted by Crippen LogP contribution is -2.35. The van der Waals surface area contributed by atoms with Crippen molar-refractivity contribution in [3.05, 3.63) is 0 Å². The fourth-order valence-electron chi connectivity index (χ4n) is 2.75. The van der Waals surface area contributed by atoms with Gasteiger partial charge in [0.15, 0.2) is 0 Å². The number of hydrogen-bond donors (Lipinski definition) is 1. The molecule has 102 valence electrons. The van der Waals surface area contributed by atoms with E-state index in [0.29, 0.717) is 32.5 Å². The van der Waals surface area contributed by atoms with Crippen LogP contribution in [0.2, 0.25) is 0 Å². The van der Waals surface area contributed by atoms with Crippen molar-refractivity contribution >= 4 is 0 Å². The third kappa shape index (κ3) is 5.36. The minimum atomic E-state index is 0.431. The number of hydrogen-bond acceptors (Lipinski definition) is 3. The molecule has 0 aromatic rings. The largest absolute Gasteiger partial charge is 0.378 e. The normalized spacial score (nSPS) is 29.8. The summed E-state index contributed by atoms with van der Waals surface area (Å²) in [7, 11) is 0. The number of ether oxygens (including phenoxy) is 2. The van der Waals surface area contributed by atoms with Crippen LogP contribution in [0.25, 0.3) is 0 Å². The van der Waals surface area contributed by atoms with Crippen LogP contribution in [0, 0.1) is 17.8 Å². The van der Waals surface area contributed by atoms with E-state index in [-0.39, 0.29) is 0 Å². The molecule has 0 spiro atoms. The van der Waals surface area contributed by atoms with Gasteiger partial charge in [0.05, 0.1) is 25.9 Å². The predicted octanol–water partition coefficient (Wildman–Crippen LogP) is 2.44. The molecule has 1 fully saturated rings. The molecule has 3 atom stereocenters. The molecule has 2 N–H and O–H groups in total. The second kappa shape index (κ2) is 8.06. The van der Waals surface area contributed by atoms with Crippen molar-refractivity contribution in [1.29, 1.82) is 0 Å². The Bertz CT molecular complexity index is 197.